The van der Waals surface area contributed by atoms with Crippen molar-refractivity contribution < 1.29 is 22.1 Å². The highest BCUT2D eigenvalue weighted by molar-refractivity contribution is 7.91. The van der Waals surface area contributed by atoms with Gasteiger partial charge in [-0.2, -0.15) is 0 Å². The van der Waals surface area contributed by atoms with Gasteiger partial charge in [0.25, 0.3) is 5.91 Å². The maximum atomic E-state index is 14.1. The van der Waals surface area contributed by atoms with Crippen LogP contribution in [0.5, 0.6) is 0 Å². The van der Waals surface area contributed by atoms with E-state index < -0.39 is 26.8 Å². The van der Waals surface area contributed by atoms with E-state index in [9.17, 15) is 17.6 Å². The van der Waals surface area contributed by atoms with Crippen molar-refractivity contribution in [1.29, 1.82) is 0 Å². The fraction of sp³-hybridized carbons (Fsp3) is 0.263. The summed E-state index contributed by atoms with van der Waals surface area (Å²) in [4.78, 5) is 15.1. The highest BCUT2D eigenvalue weighted by Crippen LogP contribution is 2.32. The van der Waals surface area contributed by atoms with Crippen molar-refractivity contribution in [2.24, 2.45) is 0 Å². The van der Waals surface area contributed by atoms with Crippen LogP contribution in [0.15, 0.2) is 52.4 Å². The third kappa shape index (κ3) is 3.59. The molecule has 4 rings (SSSR count). The van der Waals surface area contributed by atoms with Crippen LogP contribution in [0.25, 0.3) is 10.6 Å². The number of halogens is 1. The fourth-order valence-electron chi connectivity index (χ4n) is 3.31. The molecule has 0 saturated carbocycles. The molecule has 1 aromatic carbocycles. The summed E-state index contributed by atoms with van der Waals surface area (Å²) in [6.07, 6.45) is 0.130. The average molecular weight is 420 g/mol. The first-order valence-electron chi connectivity index (χ1n) is 8.71. The van der Waals surface area contributed by atoms with Gasteiger partial charge in [0.15, 0.2) is 21.3 Å². The molecule has 1 saturated heterocycles. The van der Waals surface area contributed by atoms with E-state index in [0.717, 1.165) is 4.88 Å². The number of nitrogens with zero attached hydrogens (tertiary/aromatic N) is 2. The largest absolute Gasteiger partial charge is 0.355 e. The number of rotatable bonds is 3. The van der Waals surface area contributed by atoms with Crippen LogP contribution < -0.4 is 0 Å². The Labute approximate surface area is 165 Å². The number of sulfone groups is 1. The number of carbonyl (C=O) groups is 1. The zero-order chi connectivity index (χ0) is 19.7. The summed E-state index contributed by atoms with van der Waals surface area (Å²) in [7, 11) is -3.59. The molecule has 1 atom stereocenters. The number of thiophene rings is 1. The summed E-state index contributed by atoms with van der Waals surface area (Å²) in [6.45, 7) is 0.228. The second-order valence-electron chi connectivity index (χ2n) is 6.51. The Morgan fingerprint density at radius 2 is 2.04 bits per heavy atom. The van der Waals surface area contributed by atoms with Crippen molar-refractivity contribution in [2.45, 2.75) is 11.7 Å². The minimum absolute atomic E-state index is 0.0350. The van der Waals surface area contributed by atoms with Crippen LogP contribution in [0.2, 0.25) is 0 Å². The van der Waals surface area contributed by atoms with Gasteiger partial charge in [-0.3, -0.25) is 4.79 Å². The molecule has 9 heteroatoms. The number of hydrogen-bond donors (Lipinski definition) is 0. The van der Waals surface area contributed by atoms with Gasteiger partial charge < -0.3 is 9.42 Å². The third-order valence-electron chi connectivity index (χ3n) is 4.77. The van der Waals surface area contributed by atoms with E-state index in [0.29, 0.717) is 5.76 Å². The average Bonchev–Trinajstić information content (AvgIpc) is 3.33. The molecule has 1 aliphatic rings. The van der Waals surface area contributed by atoms with Gasteiger partial charge in [0, 0.05) is 24.7 Å². The molecule has 0 N–H and O–H groups in total. The zero-order valence-electron chi connectivity index (χ0n) is 14.7. The molecule has 2 aromatic heterocycles. The minimum Gasteiger partial charge on any atom is -0.355 e. The molecule has 1 aliphatic heterocycles. The Morgan fingerprint density at radius 3 is 2.79 bits per heavy atom. The second kappa shape index (κ2) is 7.48. The van der Waals surface area contributed by atoms with E-state index in [1.165, 1.54) is 34.4 Å². The van der Waals surface area contributed by atoms with Crippen LogP contribution in [-0.4, -0.2) is 43.2 Å². The van der Waals surface area contributed by atoms with Gasteiger partial charge >= 0.3 is 0 Å². The van der Waals surface area contributed by atoms with Gasteiger partial charge in [-0.15, -0.1) is 11.3 Å². The van der Waals surface area contributed by atoms with E-state index in [4.69, 9.17) is 4.52 Å². The monoisotopic (exact) mass is 420 g/mol. The second-order valence-corrected chi connectivity index (χ2v) is 9.76. The smallest absolute Gasteiger partial charge is 0.276 e. The summed E-state index contributed by atoms with van der Waals surface area (Å²) in [5, 5.41) is 4.76. The van der Waals surface area contributed by atoms with Gasteiger partial charge in [0.2, 0.25) is 0 Å². The van der Waals surface area contributed by atoms with Crippen LogP contribution >= 0.6 is 11.3 Å². The molecular weight excluding hydrogens is 403 g/mol. The Bertz CT molecular complexity index is 1090. The molecule has 3 heterocycles. The Balaban J connectivity index is 1.55. The highest BCUT2D eigenvalue weighted by Gasteiger charge is 2.34. The molecule has 1 amide bonds. The standard InChI is InChI=1S/C19H17FN2O4S2/c20-14-5-2-1-4-13(14)18-7-8-22(9-11-28(18,24)25)19(23)15-12-16(26-21-15)17-6-3-10-27-17/h1-6,10,12,18H,7-9,11H2. The Kier molecular flexibility index (Phi) is 5.03. The van der Waals surface area contributed by atoms with Crippen LogP contribution in [-0.2, 0) is 9.84 Å². The van der Waals surface area contributed by atoms with E-state index in [-0.39, 0.29) is 36.5 Å². The minimum atomic E-state index is -3.59. The summed E-state index contributed by atoms with van der Waals surface area (Å²) in [5.74, 6) is -0.679. The first-order chi connectivity index (χ1) is 13.5. The lowest BCUT2D eigenvalue weighted by atomic mass is 10.1. The van der Waals surface area contributed by atoms with Crippen molar-refractivity contribution in [3.05, 3.63) is 64.9 Å². The first-order valence-corrected chi connectivity index (χ1v) is 11.3. The maximum absolute atomic E-state index is 14.1. The van der Waals surface area contributed by atoms with Crippen LogP contribution in [0.4, 0.5) is 4.39 Å². The van der Waals surface area contributed by atoms with Crippen LogP contribution in [0, 0.1) is 5.82 Å². The summed E-state index contributed by atoms with van der Waals surface area (Å²) in [6, 6.07) is 11.2. The summed E-state index contributed by atoms with van der Waals surface area (Å²) in [5.41, 5.74) is 0.281. The van der Waals surface area contributed by atoms with E-state index in [2.05, 4.69) is 5.16 Å². The zero-order valence-corrected chi connectivity index (χ0v) is 16.4. The van der Waals surface area contributed by atoms with Gasteiger partial charge in [0.05, 0.1) is 15.9 Å². The van der Waals surface area contributed by atoms with Crippen molar-refractivity contribution in [3.63, 3.8) is 0 Å². The normalized spacial score (nSPS) is 19.3. The van der Waals surface area contributed by atoms with Crippen molar-refractivity contribution in [1.82, 2.24) is 10.1 Å². The van der Waals surface area contributed by atoms with Crippen molar-refractivity contribution in [3.8, 4) is 10.6 Å². The quantitative estimate of drug-likeness (QED) is 0.647. The number of amides is 1. The molecule has 6 nitrogen and oxygen atoms in total. The van der Waals surface area contributed by atoms with E-state index in [1.54, 1.807) is 12.1 Å². The number of carbonyl (C=O) groups excluding carboxylic acids is 1. The van der Waals surface area contributed by atoms with Crippen LogP contribution in [0.3, 0.4) is 0 Å². The SMILES string of the molecule is O=C(c1cc(-c2cccs2)on1)N1CCC(c2ccccc2F)S(=O)(=O)CC1. The summed E-state index contributed by atoms with van der Waals surface area (Å²) < 4.78 is 44.7. The molecule has 1 unspecified atom stereocenters. The maximum Gasteiger partial charge on any atom is 0.276 e. The predicted octanol–water partition coefficient (Wildman–Crippen LogP) is 3.54. The van der Waals surface area contributed by atoms with Crippen LogP contribution in [0.1, 0.15) is 27.7 Å². The lowest BCUT2D eigenvalue weighted by Gasteiger charge is -2.18. The summed E-state index contributed by atoms with van der Waals surface area (Å²) >= 11 is 1.47. The number of benzene rings is 1. The molecule has 28 heavy (non-hydrogen) atoms. The van der Waals surface area contributed by atoms with Gasteiger partial charge in [0.1, 0.15) is 5.82 Å². The lowest BCUT2D eigenvalue weighted by Crippen LogP contribution is -2.33. The Hall–Kier alpha value is -2.52. The third-order valence-corrected chi connectivity index (χ3v) is 7.77. The first kappa shape index (κ1) is 18.8. The highest BCUT2D eigenvalue weighted by atomic mass is 32.2. The van der Waals surface area contributed by atoms with Gasteiger partial charge in [-0.1, -0.05) is 29.4 Å². The molecule has 3 aromatic rings. The lowest BCUT2D eigenvalue weighted by molar-refractivity contribution is 0.0756. The van der Waals surface area contributed by atoms with Gasteiger partial charge in [-0.05, 0) is 23.9 Å². The fourth-order valence-corrected chi connectivity index (χ4v) is 5.78. The molecule has 0 bridgehead atoms. The van der Waals surface area contributed by atoms with Crippen molar-refractivity contribution >= 4 is 27.1 Å². The molecule has 0 aliphatic carbocycles. The molecular formula is C19H17FN2O4S2. The predicted molar refractivity (Wildman–Crippen MR) is 103 cm³/mol. The van der Waals surface area contributed by atoms with E-state index in [1.807, 2.05) is 17.5 Å². The molecule has 1 fully saturated rings. The topological polar surface area (TPSA) is 80.5 Å². The Morgan fingerprint density at radius 1 is 1.21 bits per heavy atom. The number of aromatic nitrogens is 1. The molecule has 0 radical (unpaired) electrons. The van der Waals surface area contributed by atoms with Gasteiger partial charge in [-0.25, -0.2) is 12.8 Å². The molecule has 146 valence electrons. The van der Waals surface area contributed by atoms with E-state index >= 15 is 0 Å². The molecule has 0 spiro atoms. The number of hydrogen-bond acceptors (Lipinski definition) is 6. The van der Waals surface area contributed by atoms with Crippen molar-refractivity contribution in [2.75, 3.05) is 18.8 Å².